The van der Waals surface area contributed by atoms with Crippen molar-refractivity contribution >= 4 is 5.97 Å². The maximum absolute atomic E-state index is 10.5. The molecule has 0 fully saturated rings. The molecule has 0 spiro atoms. The van der Waals surface area contributed by atoms with E-state index in [0.29, 0.717) is 13.2 Å². The number of esters is 1. The van der Waals surface area contributed by atoms with Crippen LogP contribution in [0.4, 0.5) is 0 Å². The fourth-order valence-corrected chi connectivity index (χ4v) is 1.53. The van der Waals surface area contributed by atoms with Crippen LogP contribution in [0.5, 0.6) is 0 Å². The smallest absolute Gasteiger partial charge is 0.302 e. The second-order valence-electron chi connectivity index (χ2n) is 6.26. The van der Waals surface area contributed by atoms with Crippen LogP contribution in [0.25, 0.3) is 0 Å². The van der Waals surface area contributed by atoms with E-state index in [1.807, 2.05) is 13.8 Å². The van der Waals surface area contributed by atoms with E-state index in [1.54, 1.807) is 6.92 Å². The van der Waals surface area contributed by atoms with Crippen LogP contribution in [-0.4, -0.2) is 62.4 Å². The predicted octanol–water partition coefficient (Wildman–Crippen LogP) is 3.34. The van der Waals surface area contributed by atoms with Crippen LogP contribution < -0.4 is 0 Å². The molecule has 0 bridgehead atoms. The number of carbonyl (C=O) groups is 1. The largest absolute Gasteiger partial charge is 0.463 e. The average molecular weight is 365 g/mol. The van der Waals surface area contributed by atoms with Gasteiger partial charge in [-0.3, -0.25) is 4.79 Å². The quantitative estimate of drug-likeness (QED) is 0.376. The van der Waals surface area contributed by atoms with Crippen molar-refractivity contribution in [3.8, 4) is 0 Å². The average Bonchev–Trinajstić information content (AvgIpc) is 2.56. The highest BCUT2D eigenvalue weighted by Gasteiger charge is 2.09. The van der Waals surface area contributed by atoms with Crippen LogP contribution in [0.3, 0.4) is 0 Å². The third kappa shape index (κ3) is 25.7. The fourth-order valence-electron chi connectivity index (χ4n) is 1.53. The summed E-state index contributed by atoms with van der Waals surface area (Å²) in [5.41, 5.74) is 0. The van der Waals surface area contributed by atoms with Crippen molar-refractivity contribution in [2.45, 2.75) is 85.5 Å². The van der Waals surface area contributed by atoms with E-state index >= 15 is 0 Å². The second kappa shape index (κ2) is 19.6. The minimum absolute atomic E-state index is 0.0885. The van der Waals surface area contributed by atoms with Crippen molar-refractivity contribution in [2.75, 3.05) is 33.0 Å². The lowest BCUT2D eigenvalue weighted by atomic mass is 10.3. The molecule has 6 heteroatoms. The van der Waals surface area contributed by atoms with Crippen LogP contribution in [0.1, 0.15) is 67.2 Å². The summed E-state index contributed by atoms with van der Waals surface area (Å²) in [7, 11) is 0. The Balaban J connectivity index is 0. The molecular formula is C19H40O6. The Kier molecular flexibility index (Phi) is 20.8. The van der Waals surface area contributed by atoms with E-state index in [-0.39, 0.29) is 24.8 Å². The van der Waals surface area contributed by atoms with Gasteiger partial charge in [0.15, 0.2) is 0 Å². The third-order valence-electron chi connectivity index (χ3n) is 3.04. The first kappa shape index (κ1) is 26.5. The lowest BCUT2D eigenvalue weighted by Gasteiger charge is -2.18. The van der Waals surface area contributed by atoms with Gasteiger partial charge in [-0.1, -0.05) is 26.7 Å². The molecular weight excluding hydrogens is 324 g/mol. The van der Waals surface area contributed by atoms with Crippen LogP contribution in [0.15, 0.2) is 0 Å². The number of aliphatic hydroxyl groups excluding tert-OH is 1. The third-order valence-corrected chi connectivity index (χ3v) is 3.04. The molecule has 0 aliphatic rings. The molecule has 3 atom stereocenters. The van der Waals surface area contributed by atoms with Crippen molar-refractivity contribution in [1.82, 2.24) is 0 Å². The van der Waals surface area contributed by atoms with Crippen molar-refractivity contribution in [3.63, 3.8) is 0 Å². The summed E-state index contributed by atoms with van der Waals surface area (Å²) in [6.07, 6.45) is 4.20. The topological polar surface area (TPSA) is 74.2 Å². The lowest BCUT2D eigenvalue weighted by molar-refractivity contribution is -0.145. The van der Waals surface area contributed by atoms with E-state index in [4.69, 9.17) is 24.1 Å². The molecule has 0 saturated heterocycles. The van der Waals surface area contributed by atoms with Crippen LogP contribution in [0.2, 0.25) is 0 Å². The van der Waals surface area contributed by atoms with E-state index in [1.165, 1.54) is 32.6 Å². The van der Waals surface area contributed by atoms with E-state index < -0.39 is 6.10 Å². The molecule has 0 aromatic carbocycles. The molecule has 0 aromatic rings. The van der Waals surface area contributed by atoms with Crippen molar-refractivity contribution < 1.29 is 28.8 Å². The first-order valence-electron chi connectivity index (χ1n) is 9.45. The SMILES string of the molecule is CC(=O)OCC(C)OCC(C)OCC(C)O.CCCCOCCCC. The summed E-state index contributed by atoms with van der Waals surface area (Å²) in [5, 5.41) is 9.00. The summed E-state index contributed by atoms with van der Waals surface area (Å²) in [6, 6.07) is 0. The molecule has 6 nitrogen and oxygen atoms in total. The summed E-state index contributed by atoms with van der Waals surface area (Å²) < 4.78 is 20.8. The van der Waals surface area contributed by atoms with Crippen molar-refractivity contribution in [2.24, 2.45) is 0 Å². The van der Waals surface area contributed by atoms with Crippen LogP contribution >= 0.6 is 0 Å². The van der Waals surface area contributed by atoms with Gasteiger partial charge in [-0.25, -0.2) is 0 Å². The van der Waals surface area contributed by atoms with Crippen molar-refractivity contribution in [3.05, 3.63) is 0 Å². The van der Waals surface area contributed by atoms with Gasteiger partial charge in [-0.05, 0) is 33.6 Å². The Morgan fingerprint density at radius 2 is 1.36 bits per heavy atom. The molecule has 0 aromatic heterocycles. The molecule has 3 unspecified atom stereocenters. The number of hydrogen-bond acceptors (Lipinski definition) is 6. The highest BCUT2D eigenvalue weighted by Crippen LogP contribution is 1.99. The summed E-state index contributed by atoms with van der Waals surface area (Å²) >= 11 is 0. The number of carbonyl (C=O) groups excluding carboxylic acids is 1. The zero-order chi connectivity index (χ0) is 19.5. The van der Waals surface area contributed by atoms with Crippen LogP contribution in [0, 0.1) is 0 Å². The standard InChI is InChI=1S/C11H22O5.C8H18O/c1-8(12)5-14-9(2)6-15-10(3)7-16-11(4)13;1-3-5-7-9-8-6-4-2/h8-10,12H,5-7H2,1-4H3;3-8H2,1-2H3. The first-order chi connectivity index (χ1) is 11.8. The van der Waals surface area contributed by atoms with E-state index in [2.05, 4.69) is 13.8 Å². The van der Waals surface area contributed by atoms with E-state index in [0.717, 1.165) is 13.2 Å². The number of unbranched alkanes of at least 4 members (excludes halogenated alkanes) is 2. The molecule has 0 rings (SSSR count). The molecule has 25 heavy (non-hydrogen) atoms. The fraction of sp³-hybridized carbons (Fsp3) is 0.947. The normalized spacial score (nSPS) is 14.2. The first-order valence-corrected chi connectivity index (χ1v) is 9.45. The lowest BCUT2D eigenvalue weighted by Crippen LogP contribution is -2.26. The maximum Gasteiger partial charge on any atom is 0.302 e. The molecule has 1 N–H and O–H groups in total. The molecule has 0 amide bonds. The Hall–Kier alpha value is -0.690. The molecule has 0 saturated carbocycles. The van der Waals surface area contributed by atoms with Gasteiger partial charge in [-0.15, -0.1) is 0 Å². The van der Waals surface area contributed by atoms with Crippen molar-refractivity contribution in [1.29, 1.82) is 0 Å². The highest BCUT2D eigenvalue weighted by atomic mass is 16.6. The van der Waals surface area contributed by atoms with Gasteiger partial charge in [0, 0.05) is 20.1 Å². The zero-order valence-corrected chi connectivity index (χ0v) is 17.1. The Morgan fingerprint density at radius 3 is 1.80 bits per heavy atom. The summed E-state index contributed by atoms with van der Waals surface area (Å²) in [4.78, 5) is 10.5. The Labute approximate surface area is 154 Å². The van der Waals surface area contributed by atoms with Crippen LogP contribution in [-0.2, 0) is 23.7 Å². The number of aliphatic hydroxyl groups is 1. The molecule has 0 aliphatic carbocycles. The van der Waals surface area contributed by atoms with E-state index in [9.17, 15) is 4.79 Å². The Morgan fingerprint density at radius 1 is 0.880 bits per heavy atom. The zero-order valence-electron chi connectivity index (χ0n) is 17.1. The number of ether oxygens (including phenoxy) is 4. The van der Waals surface area contributed by atoms with Gasteiger partial charge in [0.1, 0.15) is 6.61 Å². The van der Waals surface area contributed by atoms with Gasteiger partial charge in [0.2, 0.25) is 0 Å². The summed E-state index contributed by atoms with van der Waals surface area (Å²) in [6.45, 7) is 13.9. The van der Waals surface area contributed by atoms with Gasteiger partial charge in [0.25, 0.3) is 0 Å². The van der Waals surface area contributed by atoms with Gasteiger partial charge >= 0.3 is 5.97 Å². The molecule has 0 radical (unpaired) electrons. The van der Waals surface area contributed by atoms with Gasteiger partial charge < -0.3 is 24.1 Å². The molecule has 152 valence electrons. The summed E-state index contributed by atoms with van der Waals surface area (Å²) in [5.74, 6) is -0.311. The van der Waals surface area contributed by atoms with Gasteiger partial charge in [-0.2, -0.15) is 0 Å². The predicted molar refractivity (Wildman–Crippen MR) is 99.8 cm³/mol. The Bertz CT molecular complexity index is 277. The number of rotatable bonds is 14. The monoisotopic (exact) mass is 364 g/mol. The second-order valence-corrected chi connectivity index (χ2v) is 6.26. The molecule has 0 heterocycles. The molecule has 0 aliphatic heterocycles. The minimum Gasteiger partial charge on any atom is -0.463 e. The number of hydrogen-bond donors (Lipinski definition) is 1. The minimum atomic E-state index is -0.471. The van der Waals surface area contributed by atoms with Gasteiger partial charge in [0.05, 0.1) is 31.5 Å². The highest BCUT2D eigenvalue weighted by molar-refractivity contribution is 5.65. The maximum atomic E-state index is 10.5.